The molecule has 0 saturated carbocycles. The average Bonchev–Trinajstić information content (AvgIpc) is 2.97. The van der Waals surface area contributed by atoms with Crippen LogP contribution in [0.2, 0.25) is 0 Å². The van der Waals surface area contributed by atoms with Crippen LogP contribution < -0.4 is 5.32 Å². The highest BCUT2D eigenvalue weighted by Gasteiger charge is 2.25. The number of amides is 1. The van der Waals surface area contributed by atoms with Gasteiger partial charge in [0, 0.05) is 11.1 Å². The number of nitrogens with one attached hydrogen (secondary N) is 1. The van der Waals surface area contributed by atoms with Gasteiger partial charge >= 0.3 is 5.97 Å². The molecule has 1 aromatic heterocycles. The molecule has 1 heterocycles. The zero-order chi connectivity index (χ0) is 17.2. The first-order valence-electron chi connectivity index (χ1n) is 7.28. The number of carbonyl (C=O) groups is 2. The molecule has 0 aliphatic carbocycles. The molecular weight excluding hydrogens is 312 g/mol. The molecule has 0 bridgehead atoms. The molecule has 0 radical (unpaired) electrons. The zero-order valence-electron chi connectivity index (χ0n) is 13.6. The summed E-state index contributed by atoms with van der Waals surface area (Å²) in [5.41, 5.74) is 3.57. The highest BCUT2D eigenvalue weighted by atomic mass is 32.1. The summed E-state index contributed by atoms with van der Waals surface area (Å²) in [5.74, 6) is -1.65. The molecular formula is C17H20N2O3S. The van der Waals surface area contributed by atoms with E-state index < -0.39 is 11.9 Å². The lowest BCUT2D eigenvalue weighted by atomic mass is 9.91. The van der Waals surface area contributed by atoms with Crippen LogP contribution in [0, 0.1) is 0 Å². The van der Waals surface area contributed by atoms with Gasteiger partial charge in [0.15, 0.2) is 0 Å². The third-order valence-corrected chi connectivity index (χ3v) is 4.35. The molecule has 5 nitrogen and oxygen atoms in total. The maximum Gasteiger partial charge on any atom is 0.310 e. The van der Waals surface area contributed by atoms with Crippen molar-refractivity contribution in [1.82, 2.24) is 4.98 Å². The molecule has 0 saturated heterocycles. The fraction of sp³-hybridized carbons (Fsp3) is 0.353. The number of aromatic nitrogens is 1. The minimum absolute atomic E-state index is 0.198. The van der Waals surface area contributed by atoms with Crippen molar-refractivity contribution in [3.63, 3.8) is 0 Å². The largest absolute Gasteiger partial charge is 0.481 e. The van der Waals surface area contributed by atoms with E-state index >= 15 is 0 Å². The lowest BCUT2D eigenvalue weighted by molar-refractivity contribution is -0.138. The molecule has 6 heteroatoms. The molecule has 2 aromatic rings. The number of hydrogen-bond donors (Lipinski definition) is 2. The predicted octanol–water partition coefficient (Wildman–Crippen LogP) is 3.88. The van der Waals surface area contributed by atoms with E-state index in [1.165, 1.54) is 11.3 Å². The first-order valence-corrected chi connectivity index (χ1v) is 8.16. The monoisotopic (exact) mass is 332 g/mol. The highest BCUT2D eigenvalue weighted by molar-refractivity contribution is 7.12. The molecule has 1 amide bonds. The smallest absolute Gasteiger partial charge is 0.310 e. The fourth-order valence-electron chi connectivity index (χ4n) is 2.13. The number of thiazole rings is 1. The summed E-state index contributed by atoms with van der Waals surface area (Å²) in [6, 6.07) is 6.85. The van der Waals surface area contributed by atoms with E-state index in [0.717, 1.165) is 5.69 Å². The Morgan fingerprint density at radius 3 is 2.35 bits per heavy atom. The topological polar surface area (TPSA) is 79.3 Å². The second kappa shape index (κ2) is 6.50. The summed E-state index contributed by atoms with van der Waals surface area (Å²) in [6.45, 7) is 7.67. The van der Waals surface area contributed by atoms with E-state index in [1.807, 2.05) is 20.8 Å². The SMILES string of the molecule is CC(C(=O)O)c1ccc(NC(=O)c2scnc2C(C)(C)C)cc1. The summed E-state index contributed by atoms with van der Waals surface area (Å²) >= 11 is 1.31. The molecule has 1 aromatic carbocycles. The molecule has 0 spiro atoms. The van der Waals surface area contributed by atoms with Gasteiger partial charge in [-0.1, -0.05) is 32.9 Å². The number of carbonyl (C=O) groups excluding carboxylic acids is 1. The van der Waals surface area contributed by atoms with Gasteiger partial charge in [-0.25, -0.2) is 4.98 Å². The second-order valence-electron chi connectivity index (χ2n) is 6.42. The van der Waals surface area contributed by atoms with Crippen molar-refractivity contribution in [2.24, 2.45) is 0 Å². The van der Waals surface area contributed by atoms with Crippen molar-refractivity contribution in [2.45, 2.75) is 39.0 Å². The van der Waals surface area contributed by atoms with Gasteiger partial charge in [-0.3, -0.25) is 9.59 Å². The fourth-order valence-corrected chi connectivity index (χ4v) is 3.02. The van der Waals surface area contributed by atoms with Crippen LogP contribution >= 0.6 is 11.3 Å². The van der Waals surface area contributed by atoms with Crippen LogP contribution in [-0.2, 0) is 10.2 Å². The maximum absolute atomic E-state index is 12.4. The normalized spacial score (nSPS) is 12.7. The van der Waals surface area contributed by atoms with Crippen molar-refractivity contribution < 1.29 is 14.7 Å². The highest BCUT2D eigenvalue weighted by Crippen LogP contribution is 2.28. The lowest BCUT2D eigenvalue weighted by Crippen LogP contribution is -2.19. The predicted molar refractivity (Wildman–Crippen MR) is 91.3 cm³/mol. The average molecular weight is 332 g/mol. The summed E-state index contributed by atoms with van der Waals surface area (Å²) in [7, 11) is 0. The number of hydrogen-bond acceptors (Lipinski definition) is 4. The number of anilines is 1. The minimum atomic E-state index is -0.874. The van der Waals surface area contributed by atoms with Gasteiger partial charge in [0.25, 0.3) is 5.91 Å². The molecule has 122 valence electrons. The van der Waals surface area contributed by atoms with Crippen LogP contribution in [0.1, 0.15) is 54.5 Å². The first kappa shape index (κ1) is 17.1. The van der Waals surface area contributed by atoms with Gasteiger partial charge in [-0.15, -0.1) is 11.3 Å². The van der Waals surface area contributed by atoms with E-state index in [2.05, 4.69) is 10.3 Å². The third-order valence-electron chi connectivity index (χ3n) is 3.52. The van der Waals surface area contributed by atoms with Crippen LogP contribution in [0.5, 0.6) is 0 Å². The quantitative estimate of drug-likeness (QED) is 0.890. The Morgan fingerprint density at radius 2 is 1.83 bits per heavy atom. The van der Waals surface area contributed by atoms with Gasteiger partial charge in [-0.05, 0) is 24.6 Å². The van der Waals surface area contributed by atoms with Crippen LogP contribution in [0.25, 0.3) is 0 Å². The van der Waals surface area contributed by atoms with E-state index in [0.29, 0.717) is 16.1 Å². The Morgan fingerprint density at radius 1 is 1.22 bits per heavy atom. The molecule has 23 heavy (non-hydrogen) atoms. The Hall–Kier alpha value is -2.21. The number of benzene rings is 1. The third kappa shape index (κ3) is 3.96. The number of nitrogens with zero attached hydrogens (tertiary/aromatic N) is 1. The second-order valence-corrected chi connectivity index (χ2v) is 7.27. The van der Waals surface area contributed by atoms with Crippen LogP contribution in [0.15, 0.2) is 29.8 Å². The minimum Gasteiger partial charge on any atom is -0.481 e. The van der Waals surface area contributed by atoms with Crippen LogP contribution in [-0.4, -0.2) is 22.0 Å². The molecule has 0 aliphatic heterocycles. The Bertz CT molecular complexity index is 714. The van der Waals surface area contributed by atoms with E-state index in [-0.39, 0.29) is 11.3 Å². The Labute approximate surface area is 139 Å². The Balaban J connectivity index is 2.15. The maximum atomic E-state index is 12.4. The van der Waals surface area contributed by atoms with Crippen LogP contribution in [0.4, 0.5) is 5.69 Å². The molecule has 2 N–H and O–H groups in total. The van der Waals surface area contributed by atoms with Crippen molar-refractivity contribution in [3.8, 4) is 0 Å². The van der Waals surface area contributed by atoms with Crippen molar-refractivity contribution in [2.75, 3.05) is 5.32 Å². The van der Waals surface area contributed by atoms with E-state index in [9.17, 15) is 9.59 Å². The zero-order valence-corrected chi connectivity index (χ0v) is 14.4. The number of carboxylic acid groups (broad SMARTS) is 1. The molecule has 1 atom stereocenters. The number of aliphatic carboxylic acids is 1. The summed E-state index contributed by atoms with van der Waals surface area (Å²) in [6.07, 6.45) is 0. The Kier molecular flexibility index (Phi) is 4.85. The molecule has 2 rings (SSSR count). The van der Waals surface area contributed by atoms with E-state index in [4.69, 9.17) is 5.11 Å². The standard InChI is InChI=1S/C17H20N2O3S/c1-10(16(21)22)11-5-7-12(8-6-11)19-15(20)13-14(17(2,3)4)18-9-23-13/h5-10H,1-4H3,(H,19,20)(H,21,22). The molecule has 0 fully saturated rings. The van der Waals surface area contributed by atoms with Crippen molar-refractivity contribution in [3.05, 3.63) is 45.9 Å². The summed E-state index contributed by atoms with van der Waals surface area (Å²) in [4.78, 5) is 28.3. The van der Waals surface area contributed by atoms with Gasteiger partial charge < -0.3 is 10.4 Å². The molecule has 0 aliphatic rings. The molecule has 1 unspecified atom stereocenters. The van der Waals surface area contributed by atoms with Gasteiger partial charge in [0.1, 0.15) is 4.88 Å². The summed E-state index contributed by atoms with van der Waals surface area (Å²) in [5, 5.41) is 11.8. The van der Waals surface area contributed by atoms with Crippen molar-refractivity contribution >= 4 is 28.9 Å². The lowest BCUT2D eigenvalue weighted by Gasteiger charge is -2.17. The van der Waals surface area contributed by atoms with Gasteiger partial charge in [0.2, 0.25) is 0 Å². The summed E-state index contributed by atoms with van der Waals surface area (Å²) < 4.78 is 0. The van der Waals surface area contributed by atoms with Gasteiger partial charge in [-0.2, -0.15) is 0 Å². The first-order chi connectivity index (χ1) is 10.7. The number of rotatable bonds is 4. The van der Waals surface area contributed by atoms with Crippen molar-refractivity contribution in [1.29, 1.82) is 0 Å². The van der Waals surface area contributed by atoms with Gasteiger partial charge in [0.05, 0.1) is 17.1 Å². The number of carboxylic acids is 1. The van der Waals surface area contributed by atoms with Crippen LogP contribution in [0.3, 0.4) is 0 Å². The van der Waals surface area contributed by atoms with E-state index in [1.54, 1.807) is 36.7 Å².